The number of carbonyl (C=O) groups excluding carboxylic acids is 1. The molecule has 0 fully saturated rings. The minimum absolute atomic E-state index is 0.184. The Kier molecular flexibility index (Phi) is 5.32. The third-order valence-electron chi connectivity index (χ3n) is 3.81. The van der Waals surface area contributed by atoms with Crippen LogP contribution in [0.25, 0.3) is 17.0 Å². The Morgan fingerprint density at radius 3 is 2.72 bits per heavy atom. The predicted octanol–water partition coefficient (Wildman–Crippen LogP) is 4.97. The second kappa shape index (κ2) is 7.82. The lowest BCUT2D eigenvalue weighted by atomic mass is 10.1. The summed E-state index contributed by atoms with van der Waals surface area (Å²) in [6, 6.07) is 17.6. The van der Waals surface area contributed by atoms with E-state index in [0.717, 1.165) is 26.6 Å². The van der Waals surface area contributed by atoms with Crippen LogP contribution in [0.3, 0.4) is 0 Å². The number of halogens is 1. The van der Waals surface area contributed by atoms with Gasteiger partial charge in [0.05, 0.1) is 12.5 Å². The molecular weight excluding hydrogens is 378 g/mol. The monoisotopic (exact) mass is 393 g/mol. The maximum absolute atomic E-state index is 12.1. The highest BCUT2D eigenvalue weighted by Crippen LogP contribution is 2.23. The van der Waals surface area contributed by atoms with Crippen molar-refractivity contribution in [1.29, 1.82) is 5.26 Å². The van der Waals surface area contributed by atoms with Crippen molar-refractivity contribution < 1.29 is 4.79 Å². The van der Waals surface area contributed by atoms with Crippen LogP contribution in [-0.2, 0) is 11.3 Å². The van der Waals surface area contributed by atoms with Gasteiger partial charge in [0.1, 0.15) is 0 Å². The minimum atomic E-state index is -0.184. The highest BCUT2D eigenvalue weighted by atomic mass is 79.9. The average Bonchev–Trinajstić information content (AvgIpc) is 2.98. The van der Waals surface area contributed by atoms with E-state index < -0.39 is 0 Å². The molecule has 0 aliphatic carbocycles. The van der Waals surface area contributed by atoms with Crippen molar-refractivity contribution in [2.75, 3.05) is 5.32 Å². The zero-order chi connectivity index (χ0) is 17.6. The van der Waals surface area contributed by atoms with Gasteiger partial charge in [-0.3, -0.25) is 4.79 Å². The molecular formula is C20H16BrN3O. The number of carbonyl (C=O) groups is 1. The molecule has 0 saturated heterocycles. The summed E-state index contributed by atoms with van der Waals surface area (Å²) in [6.45, 7) is 0.635. The summed E-state index contributed by atoms with van der Waals surface area (Å²) >= 11 is 3.37. The molecule has 0 saturated carbocycles. The van der Waals surface area contributed by atoms with Gasteiger partial charge >= 0.3 is 0 Å². The number of hydrogen-bond acceptors (Lipinski definition) is 2. The van der Waals surface area contributed by atoms with Crippen LogP contribution in [-0.4, -0.2) is 10.5 Å². The Balaban J connectivity index is 1.79. The SMILES string of the molecule is N#CCCn1cc(/C=C/C(=O)Nc2ccc(Br)cc2)c2ccccc21. The van der Waals surface area contributed by atoms with Crippen molar-refractivity contribution >= 4 is 44.5 Å². The summed E-state index contributed by atoms with van der Waals surface area (Å²) in [5.41, 5.74) is 2.76. The first kappa shape index (κ1) is 17.0. The molecule has 4 nitrogen and oxygen atoms in total. The molecule has 0 unspecified atom stereocenters. The molecule has 25 heavy (non-hydrogen) atoms. The number of nitrogens with one attached hydrogen (secondary N) is 1. The van der Waals surface area contributed by atoms with Crippen molar-refractivity contribution in [1.82, 2.24) is 4.57 Å². The lowest BCUT2D eigenvalue weighted by Crippen LogP contribution is -2.07. The lowest BCUT2D eigenvalue weighted by molar-refractivity contribution is -0.111. The second-order valence-corrected chi connectivity index (χ2v) is 6.45. The predicted molar refractivity (Wildman–Crippen MR) is 104 cm³/mol. The zero-order valence-corrected chi connectivity index (χ0v) is 15.0. The first-order valence-corrected chi connectivity index (χ1v) is 8.66. The van der Waals surface area contributed by atoms with Crippen LogP contribution in [0.4, 0.5) is 5.69 Å². The summed E-state index contributed by atoms with van der Waals surface area (Å²) in [6.07, 6.45) is 5.76. The third-order valence-corrected chi connectivity index (χ3v) is 4.34. The quantitative estimate of drug-likeness (QED) is 0.622. The molecule has 3 rings (SSSR count). The fourth-order valence-electron chi connectivity index (χ4n) is 2.65. The van der Waals surface area contributed by atoms with Gasteiger partial charge in [-0.25, -0.2) is 0 Å². The second-order valence-electron chi connectivity index (χ2n) is 5.53. The standard InChI is InChI=1S/C20H16BrN3O/c21-16-7-9-17(10-8-16)23-20(25)11-6-15-14-24(13-3-12-22)19-5-2-1-4-18(15)19/h1-2,4-11,14H,3,13H2,(H,23,25)/b11-6+. The van der Waals surface area contributed by atoms with Crippen LogP contribution in [0.1, 0.15) is 12.0 Å². The maximum atomic E-state index is 12.1. The molecule has 0 radical (unpaired) electrons. The molecule has 0 aliphatic heterocycles. The number of fused-ring (bicyclic) bond motifs is 1. The van der Waals surface area contributed by atoms with Gasteiger partial charge in [0.25, 0.3) is 0 Å². The summed E-state index contributed by atoms with van der Waals surface area (Å²) in [5, 5.41) is 12.7. The Labute approximate surface area is 154 Å². The van der Waals surface area contributed by atoms with E-state index in [1.807, 2.05) is 59.3 Å². The largest absolute Gasteiger partial charge is 0.346 e. The van der Waals surface area contributed by atoms with E-state index in [4.69, 9.17) is 5.26 Å². The number of benzene rings is 2. The molecule has 3 aromatic rings. The molecule has 1 amide bonds. The summed E-state index contributed by atoms with van der Waals surface area (Å²) in [4.78, 5) is 12.1. The van der Waals surface area contributed by atoms with Gasteiger partial charge in [-0.15, -0.1) is 0 Å². The van der Waals surface area contributed by atoms with Gasteiger partial charge < -0.3 is 9.88 Å². The Morgan fingerprint density at radius 1 is 1.20 bits per heavy atom. The lowest BCUT2D eigenvalue weighted by Gasteiger charge is -2.01. The normalized spacial score (nSPS) is 10.9. The number of amides is 1. The minimum Gasteiger partial charge on any atom is -0.346 e. The molecule has 1 heterocycles. The number of para-hydroxylation sites is 1. The summed E-state index contributed by atoms with van der Waals surface area (Å²) in [5.74, 6) is -0.184. The average molecular weight is 394 g/mol. The Hall–Kier alpha value is -2.84. The number of nitrogens with zero attached hydrogens (tertiary/aromatic N) is 2. The maximum Gasteiger partial charge on any atom is 0.248 e. The fourth-order valence-corrected chi connectivity index (χ4v) is 2.91. The van der Waals surface area contributed by atoms with Crippen LogP contribution in [0.15, 0.2) is 65.3 Å². The number of hydrogen-bond donors (Lipinski definition) is 1. The molecule has 1 aromatic heterocycles. The van der Waals surface area contributed by atoms with Crippen LogP contribution in [0, 0.1) is 11.3 Å². The number of rotatable bonds is 5. The number of aryl methyl sites for hydroxylation is 1. The van der Waals surface area contributed by atoms with Crippen molar-refractivity contribution in [2.24, 2.45) is 0 Å². The number of anilines is 1. The Morgan fingerprint density at radius 2 is 1.96 bits per heavy atom. The Bertz CT molecular complexity index is 965. The van der Waals surface area contributed by atoms with E-state index in [2.05, 4.69) is 27.3 Å². The van der Waals surface area contributed by atoms with Crippen molar-refractivity contribution in [3.05, 3.63) is 70.8 Å². The molecule has 0 spiro atoms. The molecule has 0 bridgehead atoms. The van der Waals surface area contributed by atoms with Gasteiger partial charge in [0.15, 0.2) is 0 Å². The smallest absolute Gasteiger partial charge is 0.248 e. The van der Waals surface area contributed by atoms with E-state index in [1.165, 1.54) is 6.08 Å². The van der Waals surface area contributed by atoms with Crippen LogP contribution < -0.4 is 5.32 Å². The summed E-state index contributed by atoms with van der Waals surface area (Å²) < 4.78 is 3.01. The summed E-state index contributed by atoms with van der Waals surface area (Å²) in [7, 11) is 0. The van der Waals surface area contributed by atoms with Crippen molar-refractivity contribution in [3.8, 4) is 6.07 Å². The molecule has 124 valence electrons. The highest BCUT2D eigenvalue weighted by molar-refractivity contribution is 9.10. The van der Waals surface area contributed by atoms with Gasteiger partial charge in [0, 0.05) is 45.4 Å². The zero-order valence-electron chi connectivity index (χ0n) is 13.4. The molecule has 0 aliphatic rings. The van der Waals surface area contributed by atoms with Crippen molar-refractivity contribution in [3.63, 3.8) is 0 Å². The van der Waals surface area contributed by atoms with Gasteiger partial charge in [-0.1, -0.05) is 34.1 Å². The topological polar surface area (TPSA) is 57.8 Å². The first-order chi connectivity index (χ1) is 12.2. The number of aromatic nitrogens is 1. The van der Waals surface area contributed by atoms with Gasteiger partial charge in [-0.2, -0.15) is 5.26 Å². The van der Waals surface area contributed by atoms with Gasteiger partial charge in [-0.05, 0) is 36.4 Å². The molecule has 1 N–H and O–H groups in total. The van der Waals surface area contributed by atoms with Crippen LogP contribution >= 0.6 is 15.9 Å². The van der Waals surface area contributed by atoms with E-state index in [9.17, 15) is 4.79 Å². The van der Waals surface area contributed by atoms with Crippen molar-refractivity contribution in [2.45, 2.75) is 13.0 Å². The van der Waals surface area contributed by atoms with E-state index >= 15 is 0 Å². The van der Waals surface area contributed by atoms with Gasteiger partial charge in [0.2, 0.25) is 5.91 Å². The van der Waals surface area contributed by atoms with E-state index in [0.29, 0.717) is 13.0 Å². The molecule has 0 atom stereocenters. The molecule has 2 aromatic carbocycles. The fraction of sp³-hybridized carbons (Fsp3) is 0.100. The van der Waals surface area contributed by atoms with E-state index in [-0.39, 0.29) is 5.91 Å². The van der Waals surface area contributed by atoms with E-state index in [1.54, 1.807) is 6.08 Å². The first-order valence-electron chi connectivity index (χ1n) is 7.87. The van der Waals surface area contributed by atoms with Crippen LogP contribution in [0.5, 0.6) is 0 Å². The van der Waals surface area contributed by atoms with Crippen LogP contribution in [0.2, 0.25) is 0 Å². The molecule has 5 heteroatoms. The highest BCUT2D eigenvalue weighted by Gasteiger charge is 2.06. The number of nitriles is 1. The third kappa shape index (κ3) is 4.17.